The van der Waals surface area contributed by atoms with E-state index in [2.05, 4.69) is 34.1 Å². The molecule has 3 heterocycles. The van der Waals surface area contributed by atoms with Crippen molar-refractivity contribution in [2.75, 3.05) is 48.8 Å². The number of carbonyl (C=O) groups is 1. The Balaban J connectivity index is 1.49. The Kier molecular flexibility index (Phi) is 6.23. The molecule has 2 fully saturated rings. The quantitative estimate of drug-likeness (QED) is 0.792. The zero-order valence-corrected chi connectivity index (χ0v) is 18.2. The van der Waals surface area contributed by atoms with Gasteiger partial charge in [-0.15, -0.1) is 0 Å². The van der Waals surface area contributed by atoms with Crippen molar-refractivity contribution < 1.29 is 4.79 Å². The van der Waals surface area contributed by atoms with E-state index in [1.54, 1.807) is 4.90 Å². The molecule has 0 spiro atoms. The Bertz CT molecular complexity index is 711. The standard InChI is InChI=1S/C22H36N6O/c1-4-18-21(29)27(3)19-15-24-22(23-12-9-16-10-13-26(2)14-11-16)25-20(19)28(18)17-7-5-6-8-17/h15-18H,4-14H2,1-3H3,(H,23,24,25). The number of amides is 1. The number of fused-ring (bicyclic) bond motifs is 1. The molecule has 3 aliphatic rings. The van der Waals surface area contributed by atoms with Gasteiger partial charge in [-0.3, -0.25) is 4.79 Å². The Morgan fingerprint density at radius 2 is 1.86 bits per heavy atom. The third kappa shape index (κ3) is 4.20. The van der Waals surface area contributed by atoms with Gasteiger partial charge in [0.2, 0.25) is 11.9 Å². The van der Waals surface area contributed by atoms with Gasteiger partial charge in [-0.05, 0) is 64.6 Å². The highest BCUT2D eigenvalue weighted by atomic mass is 16.2. The van der Waals surface area contributed by atoms with Gasteiger partial charge in [0.1, 0.15) is 11.7 Å². The second-order valence-electron chi connectivity index (χ2n) is 9.03. The molecule has 7 heteroatoms. The van der Waals surface area contributed by atoms with Gasteiger partial charge in [0, 0.05) is 19.6 Å². The molecule has 1 unspecified atom stereocenters. The molecule has 2 aliphatic heterocycles. The number of aromatic nitrogens is 2. The van der Waals surface area contributed by atoms with Gasteiger partial charge >= 0.3 is 0 Å². The fourth-order valence-corrected chi connectivity index (χ4v) is 5.21. The minimum Gasteiger partial charge on any atom is -0.354 e. The fraction of sp³-hybridized carbons (Fsp3) is 0.773. The predicted molar refractivity (Wildman–Crippen MR) is 118 cm³/mol. The number of anilines is 3. The van der Waals surface area contributed by atoms with E-state index >= 15 is 0 Å². The third-order valence-corrected chi connectivity index (χ3v) is 7.09. The lowest BCUT2D eigenvalue weighted by Gasteiger charge is -2.43. The zero-order chi connectivity index (χ0) is 20.4. The van der Waals surface area contributed by atoms with Crippen molar-refractivity contribution in [1.82, 2.24) is 14.9 Å². The first-order chi connectivity index (χ1) is 14.1. The summed E-state index contributed by atoms with van der Waals surface area (Å²) in [6, 6.07) is 0.302. The number of carbonyl (C=O) groups excluding carboxylic acids is 1. The van der Waals surface area contributed by atoms with E-state index in [4.69, 9.17) is 4.98 Å². The molecule has 29 heavy (non-hydrogen) atoms. The first-order valence-electron chi connectivity index (χ1n) is 11.4. The predicted octanol–water partition coefficient (Wildman–Crippen LogP) is 3.12. The molecule has 1 saturated heterocycles. The molecule has 4 rings (SSSR count). The molecular weight excluding hydrogens is 364 g/mol. The molecule has 160 valence electrons. The van der Waals surface area contributed by atoms with Gasteiger partial charge in [-0.25, -0.2) is 4.98 Å². The topological polar surface area (TPSA) is 64.6 Å². The summed E-state index contributed by atoms with van der Waals surface area (Å²) in [6.45, 7) is 5.41. The molecule has 1 N–H and O–H groups in total. The van der Waals surface area contributed by atoms with Gasteiger partial charge in [0.25, 0.3) is 0 Å². The van der Waals surface area contributed by atoms with Crippen molar-refractivity contribution >= 4 is 23.4 Å². The minimum absolute atomic E-state index is 0.113. The zero-order valence-electron chi connectivity index (χ0n) is 18.2. The van der Waals surface area contributed by atoms with E-state index < -0.39 is 0 Å². The van der Waals surface area contributed by atoms with E-state index in [9.17, 15) is 4.79 Å². The second-order valence-corrected chi connectivity index (χ2v) is 9.03. The first-order valence-corrected chi connectivity index (χ1v) is 11.4. The summed E-state index contributed by atoms with van der Waals surface area (Å²) in [5.41, 5.74) is 0.840. The largest absolute Gasteiger partial charge is 0.354 e. The maximum atomic E-state index is 13.0. The van der Waals surface area contributed by atoms with E-state index in [1.807, 2.05) is 13.2 Å². The van der Waals surface area contributed by atoms with Crippen LogP contribution in [0.3, 0.4) is 0 Å². The lowest BCUT2D eigenvalue weighted by atomic mass is 9.94. The van der Waals surface area contributed by atoms with E-state index in [0.29, 0.717) is 12.0 Å². The van der Waals surface area contributed by atoms with Crippen molar-refractivity contribution in [1.29, 1.82) is 0 Å². The summed E-state index contributed by atoms with van der Waals surface area (Å²) in [7, 11) is 4.06. The number of likely N-dealkylation sites (tertiary alicyclic amines) is 1. The number of nitrogens with zero attached hydrogens (tertiary/aromatic N) is 5. The average Bonchev–Trinajstić information content (AvgIpc) is 3.26. The van der Waals surface area contributed by atoms with Crippen molar-refractivity contribution in [2.45, 2.75) is 70.4 Å². The number of hydrogen-bond donors (Lipinski definition) is 1. The van der Waals surface area contributed by atoms with Gasteiger partial charge in [0.05, 0.1) is 6.20 Å². The van der Waals surface area contributed by atoms with Crippen LogP contribution in [0.2, 0.25) is 0 Å². The van der Waals surface area contributed by atoms with Gasteiger partial charge in [0.15, 0.2) is 5.82 Å². The normalized spacial score (nSPS) is 24.2. The van der Waals surface area contributed by atoms with Crippen LogP contribution in [0, 0.1) is 5.92 Å². The molecule has 1 atom stereocenters. The minimum atomic E-state index is -0.113. The number of nitrogens with one attached hydrogen (secondary N) is 1. The van der Waals surface area contributed by atoms with Crippen LogP contribution in [0.5, 0.6) is 0 Å². The average molecular weight is 401 g/mol. The Morgan fingerprint density at radius 1 is 1.14 bits per heavy atom. The van der Waals surface area contributed by atoms with Crippen LogP contribution in [0.15, 0.2) is 6.20 Å². The maximum Gasteiger partial charge on any atom is 0.249 e. The molecular formula is C22H36N6O. The van der Waals surface area contributed by atoms with E-state index in [0.717, 1.165) is 49.7 Å². The van der Waals surface area contributed by atoms with Crippen molar-refractivity contribution in [3.8, 4) is 0 Å². The van der Waals surface area contributed by atoms with Crippen molar-refractivity contribution in [2.24, 2.45) is 5.92 Å². The Morgan fingerprint density at radius 3 is 2.55 bits per heavy atom. The van der Waals surface area contributed by atoms with Crippen LogP contribution in [0.1, 0.15) is 58.3 Å². The summed E-state index contributed by atoms with van der Waals surface area (Å²) >= 11 is 0. The number of likely N-dealkylation sites (N-methyl/N-ethyl adjacent to an activating group) is 1. The van der Waals surface area contributed by atoms with Crippen LogP contribution in [-0.4, -0.2) is 66.6 Å². The summed E-state index contributed by atoms with van der Waals surface area (Å²) < 4.78 is 0. The summed E-state index contributed by atoms with van der Waals surface area (Å²) in [5, 5.41) is 3.46. The molecule has 1 aromatic rings. The molecule has 1 amide bonds. The number of rotatable bonds is 6. The first kappa shape index (κ1) is 20.4. The smallest absolute Gasteiger partial charge is 0.249 e. The van der Waals surface area contributed by atoms with Gasteiger partial charge in [-0.1, -0.05) is 19.8 Å². The highest BCUT2D eigenvalue weighted by Crippen LogP contribution is 2.39. The second kappa shape index (κ2) is 8.86. The van der Waals surface area contributed by atoms with Crippen LogP contribution < -0.4 is 15.1 Å². The van der Waals surface area contributed by atoms with Crippen LogP contribution in [-0.2, 0) is 4.79 Å². The number of hydrogen-bond acceptors (Lipinski definition) is 6. The third-order valence-electron chi connectivity index (χ3n) is 7.09. The van der Waals surface area contributed by atoms with Crippen molar-refractivity contribution in [3.63, 3.8) is 0 Å². The lowest BCUT2D eigenvalue weighted by Crippen LogP contribution is -2.55. The molecule has 0 aromatic carbocycles. The summed E-state index contributed by atoms with van der Waals surface area (Å²) in [4.78, 5) is 28.9. The molecule has 7 nitrogen and oxygen atoms in total. The fourth-order valence-electron chi connectivity index (χ4n) is 5.21. The van der Waals surface area contributed by atoms with Gasteiger partial charge in [-0.2, -0.15) is 4.98 Å². The molecule has 0 radical (unpaired) electrons. The molecule has 1 aliphatic carbocycles. The van der Waals surface area contributed by atoms with Crippen LogP contribution in [0.4, 0.5) is 17.5 Å². The summed E-state index contributed by atoms with van der Waals surface area (Å²) in [6.07, 6.45) is 11.1. The molecule has 1 aromatic heterocycles. The summed E-state index contributed by atoms with van der Waals surface area (Å²) in [5.74, 6) is 2.58. The lowest BCUT2D eigenvalue weighted by molar-refractivity contribution is -0.120. The molecule has 0 bridgehead atoms. The van der Waals surface area contributed by atoms with Crippen LogP contribution >= 0.6 is 0 Å². The van der Waals surface area contributed by atoms with Crippen LogP contribution in [0.25, 0.3) is 0 Å². The van der Waals surface area contributed by atoms with Gasteiger partial charge < -0.3 is 20.0 Å². The monoisotopic (exact) mass is 400 g/mol. The molecule has 1 saturated carbocycles. The van der Waals surface area contributed by atoms with E-state index in [-0.39, 0.29) is 11.9 Å². The Hall–Kier alpha value is -1.89. The highest BCUT2D eigenvalue weighted by Gasteiger charge is 2.41. The Labute approximate surface area is 174 Å². The number of piperidine rings is 1. The van der Waals surface area contributed by atoms with Crippen molar-refractivity contribution in [3.05, 3.63) is 6.20 Å². The SMILES string of the molecule is CCC1C(=O)N(C)c2cnc(NCCC3CCN(C)CC3)nc2N1C1CCCC1. The maximum absolute atomic E-state index is 13.0. The highest BCUT2D eigenvalue weighted by molar-refractivity contribution is 6.04. The van der Waals surface area contributed by atoms with E-state index in [1.165, 1.54) is 38.8 Å².